The Bertz CT molecular complexity index is 913. The number of carbonyl (C=O) groups excluding carboxylic acids is 3. The largest absolute Gasteiger partial charge is 0.493 e. The number of hydrazine groups is 1. The van der Waals surface area contributed by atoms with Gasteiger partial charge in [0.25, 0.3) is 17.7 Å². The number of hydrogen-bond donors (Lipinski definition) is 4. The van der Waals surface area contributed by atoms with Crippen molar-refractivity contribution in [3.63, 3.8) is 0 Å². The fraction of sp³-hybridized carbons (Fsp3) is 0.318. The lowest BCUT2D eigenvalue weighted by Crippen LogP contribution is -2.44. The second-order valence-electron chi connectivity index (χ2n) is 7.10. The highest BCUT2D eigenvalue weighted by Gasteiger charge is 2.13. The lowest BCUT2D eigenvalue weighted by atomic mass is 10.2. The van der Waals surface area contributed by atoms with Crippen LogP contribution < -0.4 is 31.0 Å². The molecule has 0 bridgehead atoms. The number of methoxy groups -OCH3 is 1. The summed E-state index contributed by atoms with van der Waals surface area (Å²) in [4.78, 5) is 36.0. The molecule has 4 N–H and O–H groups in total. The molecule has 2 rings (SSSR count). The molecule has 2 aromatic rings. The molecule has 0 unspecified atom stereocenters. The zero-order valence-corrected chi connectivity index (χ0v) is 18.1. The molecule has 31 heavy (non-hydrogen) atoms. The smallest absolute Gasteiger partial charge is 0.269 e. The number of nitrogens with one attached hydrogen (secondary N) is 4. The van der Waals surface area contributed by atoms with E-state index in [9.17, 15) is 14.4 Å². The van der Waals surface area contributed by atoms with E-state index < -0.39 is 11.8 Å². The molecule has 0 fully saturated rings. The molecule has 0 saturated heterocycles. The monoisotopic (exact) mass is 428 g/mol. The average molecular weight is 428 g/mol. The van der Waals surface area contributed by atoms with Gasteiger partial charge in [-0.3, -0.25) is 25.2 Å². The van der Waals surface area contributed by atoms with E-state index in [4.69, 9.17) is 9.47 Å². The van der Waals surface area contributed by atoms with Gasteiger partial charge in [-0.2, -0.15) is 0 Å². The summed E-state index contributed by atoms with van der Waals surface area (Å²) < 4.78 is 10.7. The Labute approximate surface area is 181 Å². The molecule has 0 aliphatic rings. The van der Waals surface area contributed by atoms with Crippen LogP contribution in [0, 0.1) is 6.92 Å². The van der Waals surface area contributed by atoms with Gasteiger partial charge in [0.05, 0.1) is 13.7 Å². The van der Waals surface area contributed by atoms with Gasteiger partial charge in [0, 0.05) is 17.3 Å². The number of amides is 3. The standard InChI is InChI=1S/C22H28N4O5/c1-14(2)24-21(28)13-31-18-10-7-16(11-19(18)30-4)22(29)26-25-20(27)12-23-17-8-5-15(3)6-9-17/h5-11,14,23H,12-13H2,1-4H3,(H,24,28)(H,25,27)(H,26,29). The Balaban J connectivity index is 1.85. The lowest BCUT2D eigenvalue weighted by molar-refractivity contribution is -0.123. The highest BCUT2D eigenvalue weighted by molar-refractivity contribution is 5.96. The second kappa shape index (κ2) is 11.4. The molecule has 2 aromatic carbocycles. The van der Waals surface area contributed by atoms with Gasteiger partial charge < -0.3 is 20.1 Å². The van der Waals surface area contributed by atoms with Gasteiger partial charge in [-0.1, -0.05) is 17.7 Å². The maximum absolute atomic E-state index is 12.3. The van der Waals surface area contributed by atoms with Gasteiger partial charge in [0.2, 0.25) is 0 Å². The van der Waals surface area contributed by atoms with Crippen molar-refractivity contribution in [1.82, 2.24) is 16.2 Å². The quantitative estimate of drug-likeness (QED) is 0.452. The molecule has 0 radical (unpaired) electrons. The first kappa shape index (κ1) is 23.5. The zero-order valence-electron chi connectivity index (χ0n) is 18.1. The summed E-state index contributed by atoms with van der Waals surface area (Å²) in [5, 5.41) is 5.68. The van der Waals surface area contributed by atoms with Crippen molar-refractivity contribution >= 4 is 23.4 Å². The molecule has 0 saturated carbocycles. The summed E-state index contributed by atoms with van der Waals surface area (Å²) >= 11 is 0. The van der Waals surface area contributed by atoms with Crippen molar-refractivity contribution in [2.24, 2.45) is 0 Å². The van der Waals surface area contributed by atoms with Crippen molar-refractivity contribution in [3.8, 4) is 11.5 Å². The highest BCUT2D eigenvalue weighted by atomic mass is 16.5. The summed E-state index contributed by atoms with van der Waals surface area (Å²) in [6.07, 6.45) is 0. The van der Waals surface area contributed by atoms with Gasteiger partial charge in [0.15, 0.2) is 18.1 Å². The fourth-order valence-corrected chi connectivity index (χ4v) is 2.53. The number of ether oxygens (including phenoxy) is 2. The number of benzene rings is 2. The second-order valence-corrected chi connectivity index (χ2v) is 7.10. The number of rotatable bonds is 9. The van der Waals surface area contributed by atoms with Crippen LogP contribution in [0.4, 0.5) is 5.69 Å². The molecule has 0 aliphatic carbocycles. The van der Waals surface area contributed by atoms with Crippen molar-refractivity contribution in [2.75, 3.05) is 25.6 Å². The molecule has 0 aromatic heterocycles. The number of hydrogen-bond acceptors (Lipinski definition) is 6. The van der Waals surface area contributed by atoms with Crippen LogP contribution in [0.1, 0.15) is 29.8 Å². The van der Waals surface area contributed by atoms with E-state index >= 15 is 0 Å². The minimum absolute atomic E-state index is 0.00210. The van der Waals surface area contributed by atoms with Crippen molar-refractivity contribution in [2.45, 2.75) is 26.8 Å². The normalized spacial score (nSPS) is 10.2. The van der Waals surface area contributed by atoms with Crippen molar-refractivity contribution < 1.29 is 23.9 Å². The third-order valence-electron chi connectivity index (χ3n) is 4.05. The Kier molecular flexibility index (Phi) is 8.68. The molecule has 9 heteroatoms. The number of carbonyl (C=O) groups is 3. The van der Waals surface area contributed by atoms with E-state index in [1.54, 1.807) is 0 Å². The van der Waals surface area contributed by atoms with Crippen molar-refractivity contribution in [3.05, 3.63) is 53.6 Å². The molecule has 0 atom stereocenters. The molecule has 0 aliphatic heterocycles. The predicted molar refractivity (Wildman–Crippen MR) is 117 cm³/mol. The summed E-state index contributed by atoms with van der Waals surface area (Å²) in [5.41, 5.74) is 6.87. The van der Waals surface area contributed by atoms with E-state index in [0.29, 0.717) is 5.75 Å². The van der Waals surface area contributed by atoms with Gasteiger partial charge in [-0.25, -0.2) is 0 Å². The molecule has 3 amide bonds. The molecule has 9 nitrogen and oxygen atoms in total. The first-order valence-corrected chi connectivity index (χ1v) is 9.78. The Morgan fingerprint density at radius 3 is 2.29 bits per heavy atom. The topological polar surface area (TPSA) is 118 Å². The molecular formula is C22H28N4O5. The maximum Gasteiger partial charge on any atom is 0.269 e. The van der Waals surface area contributed by atoms with Crippen LogP contribution in [0.2, 0.25) is 0 Å². The minimum Gasteiger partial charge on any atom is -0.493 e. The van der Waals surface area contributed by atoms with E-state index in [-0.39, 0.29) is 36.4 Å². The predicted octanol–water partition coefficient (Wildman–Crippen LogP) is 1.78. The van der Waals surface area contributed by atoms with Gasteiger partial charge in [-0.05, 0) is 51.1 Å². The third-order valence-corrected chi connectivity index (χ3v) is 4.05. The van der Waals surface area contributed by atoms with E-state index in [1.807, 2.05) is 45.0 Å². The van der Waals surface area contributed by atoms with Gasteiger partial charge in [0.1, 0.15) is 0 Å². The van der Waals surface area contributed by atoms with E-state index in [2.05, 4.69) is 21.5 Å². The van der Waals surface area contributed by atoms with Crippen LogP contribution in [0.5, 0.6) is 11.5 Å². The van der Waals surface area contributed by atoms with E-state index in [1.165, 1.54) is 25.3 Å². The Morgan fingerprint density at radius 1 is 0.935 bits per heavy atom. The highest BCUT2D eigenvalue weighted by Crippen LogP contribution is 2.28. The summed E-state index contributed by atoms with van der Waals surface area (Å²) in [5.74, 6) is -0.578. The Morgan fingerprint density at radius 2 is 1.65 bits per heavy atom. The summed E-state index contributed by atoms with van der Waals surface area (Å²) in [6, 6.07) is 12.1. The average Bonchev–Trinajstić information content (AvgIpc) is 2.75. The van der Waals surface area contributed by atoms with Crippen LogP contribution in [-0.2, 0) is 9.59 Å². The molecule has 166 valence electrons. The van der Waals surface area contributed by atoms with E-state index in [0.717, 1.165) is 11.3 Å². The molecule has 0 spiro atoms. The van der Waals surface area contributed by atoms with Gasteiger partial charge in [-0.15, -0.1) is 0 Å². The molecular weight excluding hydrogens is 400 g/mol. The first-order valence-electron chi connectivity index (χ1n) is 9.78. The van der Waals surface area contributed by atoms with Crippen LogP contribution in [0.25, 0.3) is 0 Å². The number of anilines is 1. The molecule has 0 heterocycles. The summed E-state index contributed by atoms with van der Waals surface area (Å²) in [6.45, 7) is 5.50. The van der Waals surface area contributed by atoms with Crippen LogP contribution >= 0.6 is 0 Å². The van der Waals surface area contributed by atoms with Crippen LogP contribution in [-0.4, -0.2) is 44.0 Å². The summed E-state index contributed by atoms with van der Waals surface area (Å²) in [7, 11) is 1.43. The number of aryl methyl sites for hydroxylation is 1. The zero-order chi connectivity index (χ0) is 22.8. The lowest BCUT2D eigenvalue weighted by Gasteiger charge is -2.13. The fourth-order valence-electron chi connectivity index (χ4n) is 2.53. The third kappa shape index (κ3) is 7.88. The van der Waals surface area contributed by atoms with Gasteiger partial charge >= 0.3 is 0 Å². The maximum atomic E-state index is 12.3. The van der Waals surface area contributed by atoms with Crippen molar-refractivity contribution in [1.29, 1.82) is 0 Å². The van der Waals surface area contributed by atoms with Crippen LogP contribution in [0.15, 0.2) is 42.5 Å². The first-order chi connectivity index (χ1) is 14.8. The SMILES string of the molecule is COc1cc(C(=O)NNC(=O)CNc2ccc(C)cc2)ccc1OCC(=O)NC(C)C. The minimum atomic E-state index is -0.522. The van der Waals surface area contributed by atoms with Crippen LogP contribution in [0.3, 0.4) is 0 Å². The Hall–Kier alpha value is -3.75.